The number of nitrogens with zero attached hydrogens (tertiary/aromatic N) is 3. The first-order chi connectivity index (χ1) is 8.17. The van der Waals surface area contributed by atoms with Gasteiger partial charge in [-0.2, -0.15) is 4.31 Å². The number of imidazole rings is 1. The van der Waals surface area contributed by atoms with E-state index in [0.29, 0.717) is 0 Å². The molecule has 0 radical (unpaired) electrons. The average Bonchev–Trinajstić information content (AvgIpc) is 2.64. The Morgan fingerprint density at radius 2 is 2.00 bits per heavy atom. The number of aliphatic carboxylic acids is 1. The second-order valence-corrected chi connectivity index (χ2v) is 6.11. The van der Waals surface area contributed by atoms with E-state index in [4.69, 9.17) is 5.11 Å². The van der Waals surface area contributed by atoms with Crippen molar-refractivity contribution in [1.29, 1.82) is 0 Å². The Bertz CT molecular complexity index is 535. The molecule has 1 N–H and O–H groups in total. The molecule has 0 aromatic carbocycles. The molecule has 18 heavy (non-hydrogen) atoms. The fourth-order valence-corrected chi connectivity index (χ4v) is 3.43. The number of rotatable bonds is 5. The van der Waals surface area contributed by atoms with Crippen LogP contribution in [0.2, 0.25) is 0 Å². The molecule has 0 amide bonds. The Morgan fingerprint density at radius 1 is 1.44 bits per heavy atom. The number of aromatic nitrogens is 2. The first-order valence-corrected chi connectivity index (χ1v) is 6.86. The van der Waals surface area contributed by atoms with Gasteiger partial charge in [-0.25, -0.2) is 13.4 Å². The number of sulfonamides is 1. The Balaban J connectivity index is 3.25. The van der Waals surface area contributed by atoms with Crippen molar-refractivity contribution in [3.8, 4) is 0 Å². The summed E-state index contributed by atoms with van der Waals surface area (Å²) in [6.45, 7) is 4.59. The molecule has 0 bridgehead atoms. The number of carboxylic acids is 1. The zero-order valence-corrected chi connectivity index (χ0v) is 11.5. The molecule has 1 atom stereocenters. The SMILES string of the molecule is CC(C)N(C(C)C(=O)O)S(=O)(=O)c1cn(C)cn1. The van der Waals surface area contributed by atoms with Gasteiger partial charge in [0.15, 0.2) is 5.03 Å². The van der Waals surface area contributed by atoms with E-state index in [1.165, 1.54) is 24.0 Å². The smallest absolute Gasteiger partial charge is 0.321 e. The zero-order chi connectivity index (χ0) is 14.1. The van der Waals surface area contributed by atoms with E-state index < -0.39 is 28.1 Å². The summed E-state index contributed by atoms with van der Waals surface area (Å²) in [4.78, 5) is 14.8. The van der Waals surface area contributed by atoms with Crippen LogP contribution in [0.4, 0.5) is 0 Å². The van der Waals surface area contributed by atoms with Crippen LogP contribution >= 0.6 is 0 Å². The minimum absolute atomic E-state index is 0.146. The van der Waals surface area contributed by atoms with Crippen LogP contribution in [0.15, 0.2) is 17.6 Å². The summed E-state index contributed by atoms with van der Waals surface area (Å²) in [5, 5.41) is 8.84. The fraction of sp³-hybridized carbons (Fsp3) is 0.600. The van der Waals surface area contributed by atoms with Gasteiger partial charge in [0.05, 0.1) is 6.33 Å². The summed E-state index contributed by atoms with van der Waals surface area (Å²) in [6, 6.07) is -1.61. The van der Waals surface area contributed by atoms with Crippen molar-refractivity contribution < 1.29 is 18.3 Å². The van der Waals surface area contributed by atoms with Crippen molar-refractivity contribution in [2.24, 2.45) is 7.05 Å². The van der Waals surface area contributed by atoms with Crippen LogP contribution in [0.3, 0.4) is 0 Å². The van der Waals surface area contributed by atoms with Crippen LogP contribution in [-0.4, -0.2) is 45.4 Å². The van der Waals surface area contributed by atoms with E-state index in [1.807, 2.05) is 0 Å². The van der Waals surface area contributed by atoms with Gasteiger partial charge in [0.1, 0.15) is 6.04 Å². The van der Waals surface area contributed by atoms with Crippen molar-refractivity contribution in [3.63, 3.8) is 0 Å². The van der Waals surface area contributed by atoms with Crippen LogP contribution in [0.5, 0.6) is 0 Å². The highest BCUT2D eigenvalue weighted by molar-refractivity contribution is 7.89. The van der Waals surface area contributed by atoms with Gasteiger partial charge in [0.2, 0.25) is 0 Å². The van der Waals surface area contributed by atoms with Crippen molar-refractivity contribution >= 4 is 16.0 Å². The first kappa shape index (κ1) is 14.7. The quantitative estimate of drug-likeness (QED) is 0.834. The lowest BCUT2D eigenvalue weighted by molar-refractivity contribution is -0.141. The maximum atomic E-state index is 12.3. The van der Waals surface area contributed by atoms with E-state index >= 15 is 0 Å². The number of aryl methyl sites for hydroxylation is 1. The van der Waals surface area contributed by atoms with Crippen molar-refractivity contribution in [3.05, 3.63) is 12.5 Å². The third-order valence-electron chi connectivity index (χ3n) is 2.47. The van der Waals surface area contributed by atoms with Crippen molar-refractivity contribution in [2.45, 2.75) is 37.9 Å². The molecule has 1 aromatic heterocycles. The molecule has 1 rings (SSSR count). The molecular formula is C10H17N3O4S. The van der Waals surface area contributed by atoms with E-state index in [2.05, 4.69) is 4.98 Å². The van der Waals surface area contributed by atoms with E-state index in [1.54, 1.807) is 20.9 Å². The minimum atomic E-state index is -3.90. The van der Waals surface area contributed by atoms with Crippen LogP contribution in [-0.2, 0) is 21.9 Å². The predicted molar refractivity (Wildman–Crippen MR) is 64.5 cm³/mol. The molecule has 0 aliphatic heterocycles. The van der Waals surface area contributed by atoms with Gasteiger partial charge in [0, 0.05) is 19.3 Å². The summed E-state index contributed by atoms with van der Waals surface area (Å²) >= 11 is 0. The molecule has 0 saturated carbocycles. The fourth-order valence-electron chi connectivity index (χ4n) is 1.67. The monoisotopic (exact) mass is 275 g/mol. The number of hydrogen-bond donors (Lipinski definition) is 1. The number of carboxylic acid groups (broad SMARTS) is 1. The standard InChI is InChI=1S/C10H17N3O4S/c1-7(2)13(8(3)10(14)15)18(16,17)9-5-12(4)6-11-9/h5-8H,1-4H3,(H,14,15). The van der Waals surface area contributed by atoms with Gasteiger partial charge in [-0.15, -0.1) is 0 Å². The highest BCUT2D eigenvalue weighted by Crippen LogP contribution is 2.19. The number of hydrogen-bond acceptors (Lipinski definition) is 4. The molecule has 1 heterocycles. The first-order valence-electron chi connectivity index (χ1n) is 5.42. The topological polar surface area (TPSA) is 92.5 Å². The summed E-state index contributed by atoms with van der Waals surface area (Å²) in [7, 11) is -2.26. The molecular weight excluding hydrogens is 258 g/mol. The van der Waals surface area contributed by atoms with Crippen LogP contribution in [0, 0.1) is 0 Å². The van der Waals surface area contributed by atoms with Gasteiger partial charge in [-0.1, -0.05) is 0 Å². The van der Waals surface area contributed by atoms with Crippen molar-refractivity contribution in [2.75, 3.05) is 0 Å². The lowest BCUT2D eigenvalue weighted by atomic mass is 10.3. The molecule has 1 unspecified atom stereocenters. The third kappa shape index (κ3) is 2.70. The summed E-state index contributed by atoms with van der Waals surface area (Å²) < 4.78 is 27.1. The molecule has 0 aliphatic carbocycles. The Labute approximate surface area is 106 Å². The summed E-state index contributed by atoms with van der Waals surface area (Å²) in [5.74, 6) is -1.19. The molecule has 0 spiro atoms. The van der Waals surface area contributed by atoms with Crippen LogP contribution in [0.1, 0.15) is 20.8 Å². The van der Waals surface area contributed by atoms with Crippen molar-refractivity contribution in [1.82, 2.24) is 13.9 Å². The molecule has 7 nitrogen and oxygen atoms in total. The molecule has 1 aromatic rings. The third-order valence-corrected chi connectivity index (χ3v) is 4.50. The highest BCUT2D eigenvalue weighted by atomic mass is 32.2. The number of carbonyl (C=O) groups is 1. The summed E-state index contributed by atoms with van der Waals surface area (Å²) in [5.41, 5.74) is 0. The Kier molecular flexibility index (Phi) is 4.12. The van der Waals surface area contributed by atoms with Gasteiger partial charge in [-0.05, 0) is 20.8 Å². The normalized spacial score (nSPS) is 14.1. The highest BCUT2D eigenvalue weighted by Gasteiger charge is 2.36. The van der Waals surface area contributed by atoms with E-state index in [0.717, 1.165) is 4.31 Å². The maximum absolute atomic E-state index is 12.3. The lowest BCUT2D eigenvalue weighted by Gasteiger charge is -2.28. The van der Waals surface area contributed by atoms with Gasteiger partial charge in [0.25, 0.3) is 10.0 Å². The van der Waals surface area contributed by atoms with Crippen LogP contribution < -0.4 is 0 Å². The second kappa shape index (κ2) is 5.07. The minimum Gasteiger partial charge on any atom is -0.480 e. The lowest BCUT2D eigenvalue weighted by Crippen LogP contribution is -2.47. The summed E-state index contributed by atoms with van der Waals surface area (Å²) in [6.07, 6.45) is 2.70. The Morgan fingerprint density at radius 3 is 2.33 bits per heavy atom. The molecule has 0 saturated heterocycles. The average molecular weight is 275 g/mol. The zero-order valence-electron chi connectivity index (χ0n) is 10.7. The van der Waals surface area contributed by atoms with Gasteiger partial charge in [-0.3, -0.25) is 4.79 Å². The molecule has 102 valence electrons. The largest absolute Gasteiger partial charge is 0.480 e. The predicted octanol–water partition coefficient (Wildman–Crippen LogP) is 0.292. The van der Waals surface area contributed by atoms with Gasteiger partial charge < -0.3 is 9.67 Å². The van der Waals surface area contributed by atoms with E-state index in [9.17, 15) is 13.2 Å². The molecule has 8 heteroatoms. The second-order valence-electron chi connectivity index (χ2n) is 4.32. The maximum Gasteiger partial charge on any atom is 0.321 e. The molecule has 0 aliphatic rings. The van der Waals surface area contributed by atoms with Crippen LogP contribution in [0.25, 0.3) is 0 Å². The van der Waals surface area contributed by atoms with Gasteiger partial charge >= 0.3 is 5.97 Å². The molecule has 0 fully saturated rings. The Hall–Kier alpha value is -1.41. The van der Waals surface area contributed by atoms with E-state index in [-0.39, 0.29) is 5.03 Å².